The van der Waals surface area contributed by atoms with Gasteiger partial charge in [-0.15, -0.1) is 0 Å². The smallest absolute Gasteiger partial charge is 0.229 e. The molecule has 1 aromatic rings. The van der Waals surface area contributed by atoms with Crippen LogP contribution in [0.4, 0.5) is 0 Å². The minimum atomic E-state index is -0.365. The zero-order valence-corrected chi connectivity index (χ0v) is 22.8. The number of carbonyl (C=O) groups is 4. The Kier molecular flexibility index (Phi) is 15.2. The fourth-order valence-electron chi connectivity index (χ4n) is 3.86. The van der Waals surface area contributed by atoms with E-state index in [1.165, 1.54) is 16.7 Å². The number of piperidine rings is 1. The van der Waals surface area contributed by atoms with Crippen molar-refractivity contribution in [1.82, 2.24) is 5.32 Å². The molecule has 1 fully saturated rings. The molecule has 5 nitrogen and oxygen atoms in total. The van der Waals surface area contributed by atoms with Crippen molar-refractivity contribution in [3.63, 3.8) is 0 Å². The van der Waals surface area contributed by atoms with E-state index in [0.717, 1.165) is 44.9 Å². The summed E-state index contributed by atoms with van der Waals surface area (Å²) in [4.78, 5) is 43.7. The maximum absolute atomic E-state index is 11.8. The zero-order chi connectivity index (χ0) is 26.3. The van der Waals surface area contributed by atoms with Gasteiger partial charge in [-0.05, 0) is 70.1 Å². The first-order valence-corrected chi connectivity index (χ1v) is 12.9. The molecule has 0 radical (unpaired) electrons. The predicted octanol–water partition coefficient (Wildman–Crippen LogP) is 6.42. The third-order valence-corrected chi connectivity index (χ3v) is 6.24. The summed E-state index contributed by atoms with van der Waals surface area (Å²) < 4.78 is 0. The molecule has 1 atom stereocenters. The van der Waals surface area contributed by atoms with Crippen molar-refractivity contribution in [3.05, 3.63) is 34.9 Å². The van der Waals surface area contributed by atoms with Gasteiger partial charge < -0.3 is 0 Å². The summed E-state index contributed by atoms with van der Waals surface area (Å²) in [5, 5.41) is 2.25. The minimum Gasteiger partial charge on any atom is -0.300 e. The number of nitrogens with one attached hydrogen (secondary N) is 1. The number of benzene rings is 1. The molecule has 0 spiro atoms. The van der Waals surface area contributed by atoms with E-state index in [1.807, 2.05) is 27.7 Å². The van der Waals surface area contributed by atoms with E-state index >= 15 is 0 Å². The van der Waals surface area contributed by atoms with Crippen LogP contribution in [0.3, 0.4) is 0 Å². The molecule has 192 valence electrons. The fraction of sp³-hybridized carbons (Fsp3) is 0.655. The SMILES string of the molecule is CC1CCC(=O)NC1=O.CCCCC(=O)CCC.CCCc1cccc(C)c1C(C)(C)C(C)=O. The maximum Gasteiger partial charge on any atom is 0.229 e. The summed E-state index contributed by atoms with van der Waals surface area (Å²) in [6.07, 6.45) is 8.14. The third-order valence-electron chi connectivity index (χ3n) is 6.24. The zero-order valence-electron chi connectivity index (χ0n) is 22.8. The Labute approximate surface area is 207 Å². The van der Waals surface area contributed by atoms with Crippen LogP contribution in [0.5, 0.6) is 0 Å². The highest BCUT2D eigenvalue weighted by atomic mass is 16.2. The molecule has 1 saturated heterocycles. The number of unbranched alkanes of at least 4 members (excludes halogenated alkanes) is 1. The van der Waals surface area contributed by atoms with Crippen LogP contribution < -0.4 is 5.32 Å². The predicted molar refractivity (Wildman–Crippen MR) is 140 cm³/mol. The molecule has 1 aliphatic heterocycles. The molecule has 5 heteroatoms. The van der Waals surface area contributed by atoms with Gasteiger partial charge in [-0.3, -0.25) is 24.5 Å². The largest absolute Gasteiger partial charge is 0.300 e. The van der Waals surface area contributed by atoms with Crippen molar-refractivity contribution in [1.29, 1.82) is 0 Å². The molecule has 0 aromatic heterocycles. The van der Waals surface area contributed by atoms with Crippen molar-refractivity contribution in [2.24, 2.45) is 5.92 Å². The van der Waals surface area contributed by atoms with Crippen LogP contribution in [0.25, 0.3) is 0 Å². The number of Topliss-reactive ketones (excluding diaryl/α,β-unsaturated/α-hetero) is 2. The van der Waals surface area contributed by atoms with Gasteiger partial charge in [0.1, 0.15) is 11.6 Å². The average Bonchev–Trinajstić information content (AvgIpc) is 2.76. The number of carbonyl (C=O) groups excluding carboxylic acids is 4. The molecule has 1 aromatic carbocycles. The van der Waals surface area contributed by atoms with Gasteiger partial charge in [0, 0.05) is 30.6 Å². The first-order valence-electron chi connectivity index (χ1n) is 12.9. The van der Waals surface area contributed by atoms with Crippen LogP contribution in [-0.2, 0) is 31.0 Å². The summed E-state index contributed by atoms with van der Waals surface area (Å²) in [5.41, 5.74) is 3.41. The summed E-state index contributed by atoms with van der Waals surface area (Å²) in [5.74, 6) is 0.408. The van der Waals surface area contributed by atoms with Crippen LogP contribution in [0.15, 0.2) is 18.2 Å². The van der Waals surface area contributed by atoms with Gasteiger partial charge in [-0.25, -0.2) is 0 Å². The van der Waals surface area contributed by atoms with Crippen LogP contribution in [-0.4, -0.2) is 23.4 Å². The molecule has 2 rings (SSSR count). The average molecular weight is 474 g/mol. The van der Waals surface area contributed by atoms with Crippen LogP contribution in [0.2, 0.25) is 0 Å². The number of amides is 2. The molecule has 1 N–H and O–H groups in total. The topological polar surface area (TPSA) is 80.3 Å². The second kappa shape index (κ2) is 16.3. The van der Waals surface area contributed by atoms with E-state index in [2.05, 4.69) is 44.3 Å². The van der Waals surface area contributed by atoms with E-state index < -0.39 is 0 Å². The quantitative estimate of drug-likeness (QED) is 0.420. The maximum atomic E-state index is 11.8. The Morgan fingerprint density at radius 2 is 1.68 bits per heavy atom. The van der Waals surface area contributed by atoms with Crippen molar-refractivity contribution in [2.45, 2.75) is 119 Å². The first kappa shape index (κ1) is 31.7. The highest BCUT2D eigenvalue weighted by Crippen LogP contribution is 2.31. The molecule has 1 heterocycles. The van der Waals surface area contributed by atoms with Gasteiger partial charge in [-0.2, -0.15) is 0 Å². The third kappa shape index (κ3) is 11.2. The molecule has 2 amide bonds. The van der Waals surface area contributed by atoms with Gasteiger partial charge in [0.15, 0.2) is 0 Å². The first-order chi connectivity index (χ1) is 15.9. The van der Waals surface area contributed by atoms with Gasteiger partial charge in [0.2, 0.25) is 11.8 Å². The molecule has 0 bridgehead atoms. The Hall–Kier alpha value is -2.30. The number of hydrogen-bond acceptors (Lipinski definition) is 4. The summed E-state index contributed by atoms with van der Waals surface area (Å²) in [6.45, 7) is 16.0. The van der Waals surface area contributed by atoms with Gasteiger partial charge in [-0.1, -0.05) is 58.7 Å². The van der Waals surface area contributed by atoms with Crippen molar-refractivity contribution in [2.75, 3.05) is 0 Å². The number of rotatable bonds is 9. The fourth-order valence-corrected chi connectivity index (χ4v) is 3.86. The normalized spacial score (nSPS) is 15.4. The second-order valence-electron chi connectivity index (χ2n) is 9.78. The lowest BCUT2D eigenvalue weighted by atomic mass is 9.76. The van der Waals surface area contributed by atoms with Crippen molar-refractivity contribution < 1.29 is 19.2 Å². The van der Waals surface area contributed by atoms with Crippen LogP contribution >= 0.6 is 0 Å². The highest BCUT2D eigenvalue weighted by molar-refractivity contribution is 5.98. The van der Waals surface area contributed by atoms with E-state index in [0.29, 0.717) is 18.6 Å². The molecule has 1 aliphatic rings. The Morgan fingerprint density at radius 1 is 1.03 bits per heavy atom. The Bertz CT molecular complexity index is 810. The number of hydrogen-bond donors (Lipinski definition) is 1. The van der Waals surface area contributed by atoms with Crippen LogP contribution in [0.1, 0.15) is 117 Å². The number of aryl methyl sites for hydroxylation is 2. The summed E-state index contributed by atoms with van der Waals surface area (Å²) >= 11 is 0. The van der Waals surface area contributed by atoms with E-state index in [-0.39, 0.29) is 28.9 Å². The van der Waals surface area contributed by atoms with E-state index in [1.54, 1.807) is 6.92 Å². The lowest BCUT2D eigenvalue weighted by Gasteiger charge is -2.27. The summed E-state index contributed by atoms with van der Waals surface area (Å²) in [7, 11) is 0. The van der Waals surface area contributed by atoms with Gasteiger partial charge in [0.25, 0.3) is 0 Å². The van der Waals surface area contributed by atoms with Crippen molar-refractivity contribution in [3.8, 4) is 0 Å². The monoisotopic (exact) mass is 473 g/mol. The summed E-state index contributed by atoms with van der Waals surface area (Å²) in [6, 6.07) is 6.33. The lowest BCUT2D eigenvalue weighted by molar-refractivity contribution is -0.136. The minimum absolute atomic E-state index is 0.0164. The van der Waals surface area contributed by atoms with Gasteiger partial charge in [0.05, 0.1) is 0 Å². The molecule has 1 unspecified atom stereocenters. The second-order valence-corrected chi connectivity index (χ2v) is 9.78. The van der Waals surface area contributed by atoms with Crippen molar-refractivity contribution >= 4 is 23.4 Å². The molecule has 34 heavy (non-hydrogen) atoms. The standard InChI is InChI=1S/C15H22O.C8H16O.C6H9NO2/c1-6-8-13-10-7-9-11(2)14(13)15(4,5)12(3)16;1-3-5-7-8(9)6-4-2;1-4-2-3-5(8)7-6(4)9/h7,9-10H,6,8H2,1-5H3;3-7H2,1-2H3;4H,2-3H2,1H3,(H,7,8,9). The Balaban J connectivity index is 0.000000518. The lowest BCUT2D eigenvalue weighted by Crippen LogP contribution is -2.39. The van der Waals surface area contributed by atoms with E-state index in [9.17, 15) is 19.2 Å². The molecular formula is C29H47NO4. The molecule has 0 saturated carbocycles. The Morgan fingerprint density at radius 3 is 2.15 bits per heavy atom. The van der Waals surface area contributed by atoms with E-state index in [4.69, 9.17) is 0 Å². The number of imide groups is 1. The number of ketones is 2. The van der Waals surface area contributed by atoms with Gasteiger partial charge >= 0.3 is 0 Å². The molecule has 0 aliphatic carbocycles. The van der Waals surface area contributed by atoms with Crippen LogP contribution in [0, 0.1) is 12.8 Å². The molecular weight excluding hydrogens is 426 g/mol. The highest BCUT2D eigenvalue weighted by Gasteiger charge is 2.29.